The number of halogens is 2. The smallest absolute Gasteiger partial charge is 0.233 e. The van der Waals surface area contributed by atoms with Crippen molar-refractivity contribution in [3.05, 3.63) is 118 Å². The molecule has 2 fully saturated rings. The van der Waals surface area contributed by atoms with Gasteiger partial charge in [-0.2, -0.15) is 0 Å². The van der Waals surface area contributed by atoms with Gasteiger partial charge in [-0.15, -0.1) is 0 Å². The maximum atomic E-state index is 14.3. The van der Waals surface area contributed by atoms with Crippen molar-refractivity contribution in [3.8, 4) is 0 Å². The fourth-order valence-electron chi connectivity index (χ4n) is 6.65. The van der Waals surface area contributed by atoms with E-state index >= 15 is 0 Å². The van der Waals surface area contributed by atoms with E-state index in [0.717, 1.165) is 50.0 Å². The molecule has 0 radical (unpaired) electrons. The Morgan fingerprint density at radius 1 is 0.897 bits per heavy atom. The van der Waals surface area contributed by atoms with Crippen LogP contribution in [0.5, 0.6) is 0 Å². The summed E-state index contributed by atoms with van der Waals surface area (Å²) in [6, 6.07) is 31.3. The maximum Gasteiger partial charge on any atom is 0.233 e. The molecule has 200 valence electrons. The van der Waals surface area contributed by atoms with Gasteiger partial charge >= 0.3 is 0 Å². The Hall–Kier alpha value is -2.85. The largest absolute Gasteiger partial charge is 0.341 e. The van der Waals surface area contributed by atoms with Crippen LogP contribution in [0.4, 0.5) is 0 Å². The summed E-state index contributed by atoms with van der Waals surface area (Å²) in [4.78, 5) is 18.8. The number of carbonyl (C=O) groups is 1. The fraction of sp³-hybridized carbons (Fsp3) is 0.324. The molecule has 6 rings (SSSR count). The third-order valence-corrected chi connectivity index (χ3v) is 9.63. The van der Waals surface area contributed by atoms with Gasteiger partial charge in [0.05, 0.1) is 15.5 Å². The van der Waals surface area contributed by atoms with Crippen molar-refractivity contribution >= 4 is 39.9 Å². The molecule has 1 saturated heterocycles. The summed E-state index contributed by atoms with van der Waals surface area (Å²) in [5, 5.41) is 3.41. The lowest BCUT2D eigenvalue weighted by Gasteiger charge is -2.33. The molecule has 5 heteroatoms. The third kappa shape index (κ3) is 5.20. The normalized spacial score (nSPS) is 21.7. The fourth-order valence-corrected chi connectivity index (χ4v) is 6.94. The molecular formula is C34H34Cl2N2O. The minimum Gasteiger partial charge on any atom is -0.341 e. The van der Waals surface area contributed by atoms with Gasteiger partial charge in [0.25, 0.3) is 0 Å². The van der Waals surface area contributed by atoms with E-state index in [-0.39, 0.29) is 11.8 Å². The Balaban J connectivity index is 1.21. The van der Waals surface area contributed by atoms with E-state index in [9.17, 15) is 4.79 Å². The molecule has 2 aliphatic rings. The van der Waals surface area contributed by atoms with Crippen LogP contribution in [-0.2, 0) is 16.8 Å². The number of likely N-dealkylation sites (N-methyl/N-ethyl adjacent to an activating group) is 1. The zero-order valence-electron chi connectivity index (χ0n) is 22.3. The SMILES string of the molecule is CN(Cc1cccc2ccccc12)C(=O)[C@@]1(c2ccc(Cl)c(Cl)c2)C[C@H]1CN1CCC(c2ccccc2)CC1. The Morgan fingerprint density at radius 3 is 2.38 bits per heavy atom. The molecule has 0 unspecified atom stereocenters. The second-order valence-corrected chi connectivity index (χ2v) is 12.1. The molecule has 39 heavy (non-hydrogen) atoms. The second kappa shape index (κ2) is 11.0. The highest BCUT2D eigenvalue weighted by atomic mass is 35.5. The molecule has 1 saturated carbocycles. The van der Waals surface area contributed by atoms with Crippen LogP contribution in [0.15, 0.2) is 91.0 Å². The molecular weight excluding hydrogens is 523 g/mol. The van der Waals surface area contributed by atoms with E-state index in [2.05, 4.69) is 77.7 Å². The van der Waals surface area contributed by atoms with Gasteiger partial charge in [-0.05, 0) is 83.8 Å². The first-order valence-corrected chi connectivity index (χ1v) is 14.7. The van der Waals surface area contributed by atoms with Crippen molar-refractivity contribution in [1.29, 1.82) is 0 Å². The molecule has 1 heterocycles. The van der Waals surface area contributed by atoms with E-state index in [1.54, 1.807) is 0 Å². The van der Waals surface area contributed by atoms with Crippen molar-refractivity contribution < 1.29 is 4.79 Å². The van der Waals surface area contributed by atoms with Crippen molar-refractivity contribution in [1.82, 2.24) is 9.80 Å². The molecule has 4 aromatic rings. The lowest BCUT2D eigenvalue weighted by Crippen LogP contribution is -2.40. The highest BCUT2D eigenvalue weighted by molar-refractivity contribution is 6.42. The average molecular weight is 558 g/mol. The minimum atomic E-state index is -0.566. The Bertz CT molecular complexity index is 1480. The summed E-state index contributed by atoms with van der Waals surface area (Å²) in [5.41, 5.74) is 3.02. The quantitative estimate of drug-likeness (QED) is 0.230. The van der Waals surface area contributed by atoms with Crippen LogP contribution in [0.1, 0.15) is 41.9 Å². The summed E-state index contributed by atoms with van der Waals surface area (Å²) in [5.74, 6) is 1.04. The van der Waals surface area contributed by atoms with Crippen LogP contribution in [0.3, 0.4) is 0 Å². The Morgan fingerprint density at radius 2 is 1.62 bits per heavy atom. The number of rotatable bonds is 7. The van der Waals surface area contributed by atoms with E-state index in [0.29, 0.717) is 22.5 Å². The molecule has 0 aromatic heterocycles. The van der Waals surface area contributed by atoms with Crippen LogP contribution >= 0.6 is 23.2 Å². The highest BCUT2D eigenvalue weighted by Crippen LogP contribution is 2.56. The standard InChI is InChI=1S/C34H34Cl2N2O/c1-37(22-27-12-7-11-26-10-5-6-13-30(26)27)33(39)34(28-14-15-31(35)32(36)20-28)21-29(34)23-38-18-16-25(17-19-38)24-8-3-2-4-9-24/h2-15,20,25,29H,16-19,21-23H2,1H3/t29-,34+/m0/s1. The Kier molecular flexibility index (Phi) is 7.41. The van der Waals surface area contributed by atoms with Gasteiger partial charge in [0.1, 0.15) is 0 Å². The van der Waals surface area contributed by atoms with Gasteiger partial charge in [0, 0.05) is 20.1 Å². The third-order valence-electron chi connectivity index (χ3n) is 8.89. The number of nitrogens with zero attached hydrogens (tertiary/aromatic N) is 2. The molecule has 2 atom stereocenters. The summed E-state index contributed by atoms with van der Waals surface area (Å²) in [6.45, 7) is 3.62. The second-order valence-electron chi connectivity index (χ2n) is 11.3. The van der Waals surface area contributed by atoms with Crippen molar-refractivity contribution in [3.63, 3.8) is 0 Å². The first kappa shape index (κ1) is 26.4. The number of benzene rings is 4. The summed E-state index contributed by atoms with van der Waals surface area (Å²) in [6.07, 6.45) is 3.15. The zero-order valence-corrected chi connectivity index (χ0v) is 23.8. The number of hydrogen-bond acceptors (Lipinski definition) is 2. The van der Waals surface area contributed by atoms with Crippen molar-refractivity contribution in [2.45, 2.75) is 37.1 Å². The monoisotopic (exact) mass is 556 g/mol. The van der Waals surface area contributed by atoms with E-state index < -0.39 is 5.41 Å². The lowest BCUT2D eigenvalue weighted by molar-refractivity contribution is -0.133. The molecule has 3 nitrogen and oxygen atoms in total. The van der Waals surface area contributed by atoms with Crippen molar-refractivity contribution in [2.75, 3.05) is 26.7 Å². The van der Waals surface area contributed by atoms with Crippen LogP contribution < -0.4 is 0 Å². The topological polar surface area (TPSA) is 23.6 Å². The van der Waals surface area contributed by atoms with Crippen LogP contribution in [0.25, 0.3) is 10.8 Å². The van der Waals surface area contributed by atoms with Gasteiger partial charge < -0.3 is 9.80 Å². The number of piperidine rings is 1. The minimum absolute atomic E-state index is 0.165. The van der Waals surface area contributed by atoms with Crippen LogP contribution in [-0.4, -0.2) is 42.4 Å². The molecule has 4 aromatic carbocycles. The number of carbonyl (C=O) groups excluding carboxylic acids is 1. The van der Waals surface area contributed by atoms with Gasteiger partial charge in [-0.3, -0.25) is 4.79 Å². The van der Waals surface area contributed by atoms with Gasteiger partial charge in [-0.1, -0.05) is 102 Å². The number of fused-ring (bicyclic) bond motifs is 1. The summed E-state index contributed by atoms with van der Waals surface area (Å²) < 4.78 is 0. The molecule has 1 amide bonds. The predicted octanol–water partition coefficient (Wildman–Crippen LogP) is 7.94. The first-order chi connectivity index (χ1) is 19.0. The molecule has 0 spiro atoms. The van der Waals surface area contributed by atoms with Crippen LogP contribution in [0.2, 0.25) is 10.0 Å². The molecule has 0 N–H and O–H groups in total. The number of amides is 1. The van der Waals surface area contributed by atoms with Crippen LogP contribution in [0, 0.1) is 5.92 Å². The predicted molar refractivity (Wildman–Crippen MR) is 162 cm³/mol. The highest BCUT2D eigenvalue weighted by Gasteiger charge is 2.62. The average Bonchev–Trinajstić information content (AvgIpc) is 3.69. The van der Waals surface area contributed by atoms with Gasteiger partial charge in [0.2, 0.25) is 5.91 Å². The summed E-state index contributed by atoms with van der Waals surface area (Å²) >= 11 is 12.8. The molecule has 0 bridgehead atoms. The van der Waals surface area contributed by atoms with E-state index in [4.69, 9.17) is 23.2 Å². The van der Waals surface area contributed by atoms with Crippen molar-refractivity contribution in [2.24, 2.45) is 5.92 Å². The molecule has 1 aliphatic carbocycles. The first-order valence-electron chi connectivity index (χ1n) is 13.9. The van der Waals surface area contributed by atoms with E-state index in [1.807, 2.05) is 30.1 Å². The Labute approximate surface area is 241 Å². The number of hydrogen-bond donors (Lipinski definition) is 0. The van der Waals surface area contributed by atoms with Gasteiger partial charge in [0.15, 0.2) is 0 Å². The maximum absolute atomic E-state index is 14.3. The lowest BCUT2D eigenvalue weighted by atomic mass is 9.88. The zero-order chi connectivity index (χ0) is 27.0. The van der Waals surface area contributed by atoms with E-state index in [1.165, 1.54) is 16.3 Å². The number of likely N-dealkylation sites (tertiary alicyclic amines) is 1. The van der Waals surface area contributed by atoms with Gasteiger partial charge in [-0.25, -0.2) is 0 Å². The summed E-state index contributed by atoms with van der Waals surface area (Å²) in [7, 11) is 1.93. The molecule has 1 aliphatic heterocycles.